The lowest BCUT2D eigenvalue weighted by Crippen LogP contribution is -2.49. The van der Waals surface area contributed by atoms with Crippen LogP contribution in [0.15, 0.2) is 18.2 Å². The molecule has 7 nitrogen and oxygen atoms in total. The molecule has 0 aromatic heterocycles. The van der Waals surface area contributed by atoms with Crippen molar-refractivity contribution in [2.75, 3.05) is 20.8 Å². The van der Waals surface area contributed by atoms with Gasteiger partial charge in [-0.3, -0.25) is 14.9 Å². The number of benzene rings is 1. The molecule has 0 heterocycles. The number of likely N-dealkylation sites (N-methyl/N-ethyl adjacent to an activating group) is 1. The van der Waals surface area contributed by atoms with Gasteiger partial charge in [0.2, 0.25) is 0 Å². The normalized spacial score (nSPS) is 13.3. The Labute approximate surface area is 123 Å². The molecular formula is C14H20N2O5. The van der Waals surface area contributed by atoms with E-state index < -0.39 is 10.5 Å². The van der Waals surface area contributed by atoms with Gasteiger partial charge in [0.05, 0.1) is 18.6 Å². The Morgan fingerprint density at radius 3 is 2.62 bits per heavy atom. The first-order valence-electron chi connectivity index (χ1n) is 6.49. The molecular weight excluding hydrogens is 276 g/mol. The summed E-state index contributed by atoms with van der Waals surface area (Å²) >= 11 is 0. The number of nitro groups is 1. The van der Waals surface area contributed by atoms with Crippen molar-refractivity contribution >= 4 is 11.7 Å². The number of aryl methyl sites for hydroxylation is 1. The molecule has 0 fully saturated rings. The zero-order chi connectivity index (χ0) is 16.0. The molecule has 1 N–H and O–H groups in total. The van der Waals surface area contributed by atoms with Crippen molar-refractivity contribution in [3.8, 4) is 5.75 Å². The number of ether oxygens (including phenoxy) is 2. The minimum atomic E-state index is -0.829. The van der Waals surface area contributed by atoms with Crippen LogP contribution in [0.4, 0.5) is 5.69 Å². The van der Waals surface area contributed by atoms with Crippen molar-refractivity contribution in [1.82, 2.24) is 5.32 Å². The number of nitro benzene ring substituents is 1. The molecule has 7 heteroatoms. The van der Waals surface area contributed by atoms with Crippen LogP contribution in [0, 0.1) is 17.0 Å². The van der Waals surface area contributed by atoms with Gasteiger partial charge in [-0.1, -0.05) is 0 Å². The second-order valence-corrected chi connectivity index (χ2v) is 4.88. The Hall–Kier alpha value is -2.15. The summed E-state index contributed by atoms with van der Waals surface area (Å²) < 4.78 is 10.3. The standard InChI is InChI=1S/C14H20N2O5/c1-10-9-11(5-6-12(10)16(18)19)21-8-7-14(2,15-3)13(17)20-4/h5-6,9,15H,7-8H2,1-4H3. The highest BCUT2D eigenvalue weighted by molar-refractivity contribution is 5.80. The number of rotatable bonds is 7. The predicted octanol–water partition coefficient (Wildman–Crippen LogP) is 1.82. The van der Waals surface area contributed by atoms with Gasteiger partial charge in [0.15, 0.2) is 0 Å². The van der Waals surface area contributed by atoms with Crippen LogP contribution >= 0.6 is 0 Å². The number of hydrogen-bond acceptors (Lipinski definition) is 6. The van der Waals surface area contributed by atoms with Gasteiger partial charge < -0.3 is 14.8 Å². The summed E-state index contributed by atoms with van der Waals surface area (Å²) in [6.07, 6.45) is 0.409. The van der Waals surface area contributed by atoms with E-state index in [1.807, 2.05) is 0 Å². The first-order valence-corrected chi connectivity index (χ1v) is 6.49. The van der Waals surface area contributed by atoms with Crippen LogP contribution in [0.5, 0.6) is 5.75 Å². The third-order valence-electron chi connectivity index (χ3n) is 3.42. The fraction of sp³-hybridized carbons (Fsp3) is 0.500. The number of esters is 1. The third kappa shape index (κ3) is 4.16. The monoisotopic (exact) mass is 296 g/mol. The zero-order valence-corrected chi connectivity index (χ0v) is 12.6. The maximum absolute atomic E-state index is 11.7. The second-order valence-electron chi connectivity index (χ2n) is 4.88. The summed E-state index contributed by atoms with van der Waals surface area (Å²) in [6.45, 7) is 3.66. The molecule has 1 atom stereocenters. The molecule has 1 aromatic carbocycles. The van der Waals surface area contributed by atoms with Crippen molar-refractivity contribution < 1.29 is 19.2 Å². The van der Waals surface area contributed by atoms with Crippen LogP contribution < -0.4 is 10.1 Å². The Morgan fingerprint density at radius 1 is 1.48 bits per heavy atom. The van der Waals surface area contributed by atoms with Crippen molar-refractivity contribution in [3.05, 3.63) is 33.9 Å². The van der Waals surface area contributed by atoms with Crippen LogP contribution in [0.3, 0.4) is 0 Å². The molecule has 0 radical (unpaired) electrons. The number of nitrogens with one attached hydrogen (secondary N) is 1. The largest absolute Gasteiger partial charge is 0.493 e. The number of carbonyl (C=O) groups excluding carboxylic acids is 1. The molecule has 116 valence electrons. The fourth-order valence-corrected chi connectivity index (χ4v) is 1.85. The highest BCUT2D eigenvalue weighted by Gasteiger charge is 2.32. The van der Waals surface area contributed by atoms with E-state index in [1.165, 1.54) is 13.2 Å². The summed E-state index contributed by atoms with van der Waals surface area (Å²) in [5, 5.41) is 13.6. The minimum absolute atomic E-state index is 0.0528. The van der Waals surface area contributed by atoms with Crippen LogP contribution in [-0.2, 0) is 9.53 Å². The SMILES string of the molecule is CNC(C)(CCOc1ccc([N+](=O)[O-])c(C)c1)C(=O)OC. The molecule has 0 aliphatic rings. The number of carbonyl (C=O) groups is 1. The molecule has 1 aromatic rings. The van der Waals surface area contributed by atoms with E-state index in [1.54, 1.807) is 33.0 Å². The van der Waals surface area contributed by atoms with E-state index >= 15 is 0 Å². The lowest BCUT2D eigenvalue weighted by molar-refractivity contribution is -0.385. The van der Waals surface area contributed by atoms with E-state index in [9.17, 15) is 14.9 Å². The molecule has 1 rings (SSSR count). The lowest BCUT2D eigenvalue weighted by atomic mass is 9.99. The van der Waals surface area contributed by atoms with Gasteiger partial charge in [-0.25, -0.2) is 0 Å². The van der Waals surface area contributed by atoms with Crippen LogP contribution in [0.25, 0.3) is 0 Å². The summed E-state index contributed by atoms with van der Waals surface area (Å²) in [5.41, 5.74) is -0.247. The van der Waals surface area contributed by atoms with Gasteiger partial charge >= 0.3 is 5.97 Å². The molecule has 0 aliphatic heterocycles. The summed E-state index contributed by atoms with van der Waals surface area (Å²) in [6, 6.07) is 4.55. The Balaban J connectivity index is 2.66. The molecule has 0 amide bonds. The third-order valence-corrected chi connectivity index (χ3v) is 3.42. The van der Waals surface area contributed by atoms with Crippen LogP contribution in [0.2, 0.25) is 0 Å². The van der Waals surface area contributed by atoms with Gasteiger partial charge in [0.1, 0.15) is 11.3 Å². The number of methoxy groups -OCH3 is 1. The highest BCUT2D eigenvalue weighted by Crippen LogP contribution is 2.23. The molecule has 0 spiro atoms. The first kappa shape index (κ1) is 16.9. The lowest BCUT2D eigenvalue weighted by Gasteiger charge is -2.25. The zero-order valence-electron chi connectivity index (χ0n) is 12.6. The molecule has 21 heavy (non-hydrogen) atoms. The average molecular weight is 296 g/mol. The molecule has 0 saturated heterocycles. The second kappa shape index (κ2) is 7.03. The molecule has 1 unspecified atom stereocenters. The Kier molecular flexibility index (Phi) is 5.66. The summed E-state index contributed by atoms with van der Waals surface area (Å²) in [7, 11) is 3.01. The summed E-state index contributed by atoms with van der Waals surface area (Å²) in [5.74, 6) is 0.162. The Bertz CT molecular complexity index is 532. The van der Waals surface area contributed by atoms with Crippen molar-refractivity contribution in [3.63, 3.8) is 0 Å². The Morgan fingerprint density at radius 2 is 2.14 bits per heavy atom. The van der Waals surface area contributed by atoms with E-state index in [4.69, 9.17) is 9.47 Å². The van der Waals surface area contributed by atoms with Gasteiger partial charge in [-0.2, -0.15) is 0 Å². The minimum Gasteiger partial charge on any atom is -0.493 e. The number of nitrogens with zero attached hydrogens (tertiary/aromatic N) is 1. The summed E-state index contributed by atoms with van der Waals surface area (Å²) in [4.78, 5) is 22.0. The average Bonchev–Trinajstić information content (AvgIpc) is 2.45. The maximum atomic E-state index is 11.7. The van der Waals surface area contributed by atoms with Gasteiger partial charge in [0, 0.05) is 18.1 Å². The van der Waals surface area contributed by atoms with E-state index in [0.717, 1.165) is 0 Å². The maximum Gasteiger partial charge on any atom is 0.325 e. The van der Waals surface area contributed by atoms with Gasteiger partial charge in [-0.05, 0) is 33.0 Å². The smallest absolute Gasteiger partial charge is 0.325 e. The van der Waals surface area contributed by atoms with Crippen molar-refractivity contribution in [2.24, 2.45) is 0 Å². The van der Waals surface area contributed by atoms with Crippen LogP contribution in [-0.4, -0.2) is 37.2 Å². The predicted molar refractivity (Wildman–Crippen MR) is 77.4 cm³/mol. The van der Waals surface area contributed by atoms with Crippen molar-refractivity contribution in [2.45, 2.75) is 25.8 Å². The van der Waals surface area contributed by atoms with E-state index in [-0.39, 0.29) is 18.3 Å². The fourth-order valence-electron chi connectivity index (χ4n) is 1.85. The molecule has 0 saturated carbocycles. The van der Waals surface area contributed by atoms with Crippen LogP contribution in [0.1, 0.15) is 18.9 Å². The quantitative estimate of drug-likeness (QED) is 0.469. The first-order chi connectivity index (χ1) is 9.84. The topological polar surface area (TPSA) is 90.7 Å². The molecule has 0 aliphatic carbocycles. The number of hydrogen-bond donors (Lipinski definition) is 1. The van der Waals surface area contributed by atoms with Gasteiger partial charge in [0.25, 0.3) is 5.69 Å². The van der Waals surface area contributed by atoms with Gasteiger partial charge in [-0.15, -0.1) is 0 Å². The van der Waals surface area contributed by atoms with Crippen molar-refractivity contribution in [1.29, 1.82) is 0 Å². The van der Waals surface area contributed by atoms with E-state index in [2.05, 4.69) is 5.32 Å². The van der Waals surface area contributed by atoms with E-state index in [0.29, 0.717) is 17.7 Å². The highest BCUT2D eigenvalue weighted by atomic mass is 16.6. The molecule has 0 bridgehead atoms.